The summed E-state index contributed by atoms with van der Waals surface area (Å²) in [7, 11) is 2.05. The van der Waals surface area contributed by atoms with Crippen LogP contribution in [0.2, 0.25) is 0 Å². The van der Waals surface area contributed by atoms with E-state index in [0.717, 1.165) is 43.6 Å². The smallest absolute Gasteiger partial charge is 0.422 e. The molecule has 0 aliphatic carbocycles. The van der Waals surface area contributed by atoms with Crippen LogP contribution in [0.5, 0.6) is 5.75 Å². The highest BCUT2D eigenvalue weighted by molar-refractivity contribution is 5.74. The van der Waals surface area contributed by atoms with Gasteiger partial charge in [0.05, 0.1) is 0 Å². The van der Waals surface area contributed by atoms with Crippen LogP contribution in [0.15, 0.2) is 42.5 Å². The summed E-state index contributed by atoms with van der Waals surface area (Å²) in [5.74, 6) is -1.48. The number of amides is 2. The molecule has 1 aliphatic heterocycles. The number of benzene rings is 2. The summed E-state index contributed by atoms with van der Waals surface area (Å²) in [5, 5.41) is 2.75. The molecule has 1 fully saturated rings. The quantitative estimate of drug-likeness (QED) is 0.538. The van der Waals surface area contributed by atoms with Gasteiger partial charge in [-0.15, -0.1) is 0 Å². The first-order chi connectivity index (χ1) is 16.1. The van der Waals surface area contributed by atoms with Crippen LogP contribution in [0.25, 0.3) is 0 Å². The van der Waals surface area contributed by atoms with Gasteiger partial charge in [0, 0.05) is 19.6 Å². The highest BCUT2D eigenvalue weighted by Crippen LogP contribution is 2.23. The Labute approximate surface area is 195 Å². The number of ether oxygens (including phenoxy) is 1. The minimum absolute atomic E-state index is 0.0113. The Hall–Kier alpha value is -2.88. The largest absolute Gasteiger partial charge is 0.481 e. The Morgan fingerprint density at radius 1 is 1.09 bits per heavy atom. The van der Waals surface area contributed by atoms with E-state index in [9.17, 15) is 26.7 Å². The van der Waals surface area contributed by atoms with E-state index < -0.39 is 24.3 Å². The van der Waals surface area contributed by atoms with Crippen molar-refractivity contribution in [2.75, 3.05) is 33.3 Å². The third kappa shape index (κ3) is 8.16. The second-order valence-corrected chi connectivity index (χ2v) is 8.58. The van der Waals surface area contributed by atoms with E-state index in [2.05, 4.69) is 22.0 Å². The number of halogens is 5. The second-order valence-electron chi connectivity index (χ2n) is 8.58. The number of likely N-dealkylation sites (tertiary alicyclic amines) is 1. The molecule has 1 heterocycles. The van der Waals surface area contributed by atoms with Crippen molar-refractivity contribution < 1.29 is 31.5 Å². The molecule has 3 rings (SSSR count). The van der Waals surface area contributed by atoms with Crippen LogP contribution in [-0.4, -0.2) is 55.3 Å². The normalized spacial score (nSPS) is 15.2. The number of hydrogen-bond acceptors (Lipinski definition) is 3. The molecule has 186 valence electrons. The molecule has 2 aromatic rings. The lowest BCUT2D eigenvalue weighted by Gasteiger charge is -2.33. The van der Waals surface area contributed by atoms with Gasteiger partial charge in [0.2, 0.25) is 0 Å². The fraction of sp³-hybridized carbons (Fsp3) is 0.458. The number of alkyl halides is 3. The van der Waals surface area contributed by atoms with Crippen molar-refractivity contribution in [2.24, 2.45) is 5.92 Å². The van der Waals surface area contributed by atoms with Crippen LogP contribution in [0.3, 0.4) is 0 Å². The number of carbonyl (C=O) groups is 1. The standard InChI is InChI=1S/C24H28F5N3O2/c1-31-10-8-18(9-11-31)15-32(14-17-2-5-20(25)6-3-17)23(33)30-13-19-4-7-22(21(26)12-19)34-16-24(27,28)29/h2-7,12,18H,8-11,13-16H2,1H3,(H,30,33). The molecule has 0 saturated carbocycles. The van der Waals surface area contributed by atoms with E-state index in [1.54, 1.807) is 17.0 Å². The summed E-state index contributed by atoms with van der Waals surface area (Å²) >= 11 is 0. The van der Waals surface area contributed by atoms with Gasteiger partial charge in [-0.1, -0.05) is 18.2 Å². The molecule has 10 heteroatoms. The minimum Gasteiger partial charge on any atom is -0.481 e. The fourth-order valence-electron chi connectivity index (χ4n) is 3.81. The maximum atomic E-state index is 14.1. The lowest BCUT2D eigenvalue weighted by molar-refractivity contribution is -0.153. The van der Waals surface area contributed by atoms with Crippen LogP contribution in [0.1, 0.15) is 24.0 Å². The zero-order chi connectivity index (χ0) is 24.7. The minimum atomic E-state index is -4.57. The summed E-state index contributed by atoms with van der Waals surface area (Å²) in [6, 6.07) is 9.11. The molecule has 0 atom stereocenters. The molecule has 5 nitrogen and oxygen atoms in total. The van der Waals surface area contributed by atoms with Crippen molar-refractivity contribution in [3.8, 4) is 5.75 Å². The fourth-order valence-corrected chi connectivity index (χ4v) is 3.81. The van der Waals surface area contributed by atoms with Crippen molar-refractivity contribution in [3.05, 3.63) is 65.2 Å². The molecule has 1 aliphatic rings. The van der Waals surface area contributed by atoms with Crippen molar-refractivity contribution in [2.45, 2.75) is 32.1 Å². The summed E-state index contributed by atoms with van der Waals surface area (Å²) in [6.45, 7) is 1.10. The Morgan fingerprint density at radius 2 is 1.74 bits per heavy atom. The van der Waals surface area contributed by atoms with E-state index in [0.29, 0.717) is 18.0 Å². The maximum absolute atomic E-state index is 14.1. The second kappa shape index (κ2) is 11.5. The van der Waals surface area contributed by atoms with Crippen LogP contribution in [0, 0.1) is 17.6 Å². The predicted molar refractivity (Wildman–Crippen MR) is 117 cm³/mol. The third-order valence-electron chi connectivity index (χ3n) is 5.72. The lowest BCUT2D eigenvalue weighted by Crippen LogP contribution is -2.44. The van der Waals surface area contributed by atoms with Gasteiger partial charge in [0.1, 0.15) is 5.82 Å². The topological polar surface area (TPSA) is 44.8 Å². The van der Waals surface area contributed by atoms with Crippen LogP contribution < -0.4 is 10.1 Å². The monoisotopic (exact) mass is 485 g/mol. The van der Waals surface area contributed by atoms with E-state index >= 15 is 0 Å². The molecule has 2 aromatic carbocycles. The highest BCUT2D eigenvalue weighted by atomic mass is 19.4. The molecule has 0 aromatic heterocycles. The van der Waals surface area contributed by atoms with Crippen molar-refractivity contribution in [3.63, 3.8) is 0 Å². The SMILES string of the molecule is CN1CCC(CN(Cc2ccc(F)cc2)C(=O)NCc2ccc(OCC(F)(F)F)c(F)c2)CC1. The van der Waals surface area contributed by atoms with Gasteiger partial charge >= 0.3 is 12.2 Å². The van der Waals surface area contributed by atoms with Crippen LogP contribution in [0.4, 0.5) is 26.7 Å². The number of nitrogens with zero attached hydrogens (tertiary/aromatic N) is 2. The van der Waals surface area contributed by atoms with Gasteiger partial charge < -0.3 is 19.9 Å². The highest BCUT2D eigenvalue weighted by Gasteiger charge is 2.29. The summed E-state index contributed by atoms with van der Waals surface area (Å²) in [5.41, 5.74) is 1.16. The molecule has 0 spiro atoms. The van der Waals surface area contributed by atoms with E-state index in [1.165, 1.54) is 18.2 Å². The zero-order valence-corrected chi connectivity index (χ0v) is 18.9. The molecule has 1 N–H and O–H groups in total. The Balaban J connectivity index is 1.62. The third-order valence-corrected chi connectivity index (χ3v) is 5.72. The predicted octanol–water partition coefficient (Wildman–Crippen LogP) is 4.96. The molecule has 0 bridgehead atoms. The number of urea groups is 1. The Kier molecular flexibility index (Phi) is 8.71. The average Bonchev–Trinajstić information content (AvgIpc) is 2.78. The van der Waals surface area contributed by atoms with Crippen LogP contribution in [-0.2, 0) is 13.1 Å². The van der Waals surface area contributed by atoms with Gasteiger partial charge in [-0.3, -0.25) is 0 Å². The zero-order valence-electron chi connectivity index (χ0n) is 18.9. The molecule has 34 heavy (non-hydrogen) atoms. The van der Waals surface area contributed by atoms with Gasteiger partial charge in [-0.2, -0.15) is 13.2 Å². The summed E-state index contributed by atoms with van der Waals surface area (Å²) in [4.78, 5) is 16.9. The van der Waals surface area contributed by atoms with E-state index in [4.69, 9.17) is 0 Å². The summed E-state index contributed by atoms with van der Waals surface area (Å²) in [6.07, 6.45) is -2.66. The molecular formula is C24H28F5N3O2. The molecule has 0 radical (unpaired) electrons. The van der Waals surface area contributed by atoms with Gasteiger partial charge in [0.15, 0.2) is 18.2 Å². The Bertz CT molecular complexity index is 945. The van der Waals surface area contributed by atoms with Crippen molar-refractivity contribution >= 4 is 6.03 Å². The molecular weight excluding hydrogens is 457 g/mol. The van der Waals surface area contributed by atoms with Crippen molar-refractivity contribution in [1.29, 1.82) is 0 Å². The number of piperidine rings is 1. The number of rotatable bonds is 8. The first-order valence-electron chi connectivity index (χ1n) is 11.0. The van der Waals surface area contributed by atoms with Gasteiger partial charge in [0.25, 0.3) is 0 Å². The number of nitrogens with one attached hydrogen (secondary N) is 1. The molecule has 0 unspecified atom stereocenters. The first kappa shape index (κ1) is 25.7. The molecule has 1 saturated heterocycles. The molecule has 2 amide bonds. The Morgan fingerprint density at radius 3 is 2.35 bits per heavy atom. The van der Waals surface area contributed by atoms with Crippen molar-refractivity contribution in [1.82, 2.24) is 15.1 Å². The summed E-state index contributed by atoms with van der Waals surface area (Å²) < 4.78 is 68.7. The maximum Gasteiger partial charge on any atom is 0.422 e. The average molecular weight is 485 g/mol. The number of hydrogen-bond donors (Lipinski definition) is 1. The van der Waals surface area contributed by atoms with E-state index in [-0.39, 0.29) is 24.9 Å². The number of carbonyl (C=O) groups excluding carboxylic acids is 1. The van der Waals surface area contributed by atoms with Crippen LogP contribution >= 0.6 is 0 Å². The van der Waals surface area contributed by atoms with E-state index in [1.807, 2.05) is 0 Å². The van der Waals surface area contributed by atoms with Gasteiger partial charge in [-0.25, -0.2) is 13.6 Å². The van der Waals surface area contributed by atoms with Gasteiger partial charge in [-0.05, 0) is 74.3 Å². The lowest BCUT2D eigenvalue weighted by atomic mass is 9.96. The first-order valence-corrected chi connectivity index (χ1v) is 11.0.